The minimum absolute atomic E-state index is 0.0130. The van der Waals surface area contributed by atoms with Gasteiger partial charge in [-0.15, -0.1) is 0 Å². The van der Waals surface area contributed by atoms with Gasteiger partial charge in [-0.2, -0.15) is 0 Å². The fourth-order valence-corrected chi connectivity index (χ4v) is 7.00. The van der Waals surface area contributed by atoms with E-state index >= 15 is 0 Å². The highest BCUT2D eigenvalue weighted by Gasteiger charge is 2.37. The SMILES string of the molecule is C[C@H](NC(=O)CN)C(=O)N[C@@H](CCCCN)C(=O)N[C@@H](CCC(N)=O)C(=O)N[C@@H](CCCCN)C(=O)N[C@@H](CCC(=O)O)C(=O)N[C@H](C(=O)N[C@@H](CCC(=O)O)C(=O)N[C@H](C(=O)N[C@@H](CCC(=O)O)C(=O)O)[C@@H](C)O)[C@@H](C)O. The van der Waals surface area contributed by atoms with E-state index in [9.17, 15) is 92.7 Å². The van der Waals surface area contributed by atoms with Crippen LogP contribution < -0.4 is 70.8 Å². The van der Waals surface area contributed by atoms with Crippen molar-refractivity contribution < 1.29 is 97.8 Å². The molecule has 23 N–H and O–H groups in total. The lowest BCUT2D eigenvalue weighted by Crippen LogP contribution is -2.62. The first-order chi connectivity index (χ1) is 36.5. The molecule has 0 saturated carbocycles. The summed E-state index contributed by atoms with van der Waals surface area (Å²) in [6.45, 7) is 3.18. The van der Waals surface area contributed by atoms with Gasteiger partial charge in [-0.25, -0.2) is 4.79 Å². The zero-order chi connectivity index (χ0) is 59.8. The summed E-state index contributed by atoms with van der Waals surface area (Å²) in [6, 6.07) is -15.4. The van der Waals surface area contributed by atoms with E-state index in [0.717, 1.165) is 13.8 Å². The third-order valence-electron chi connectivity index (χ3n) is 11.4. The molecule has 0 aromatic rings. The Morgan fingerprint density at radius 1 is 0.372 bits per heavy atom. The van der Waals surface area contributed by atoms with E-state index in [0.29, 0.717) is 12.8 Å². The molecule has 33 nitrogen and oxygen atoms in total. The van der Waals surface area contributed by atoms with Crippen LogP contribution in [-0.4, -0.2) is 200 Å². The number of hydrogen-bond acceptors (Lipinski definition) is 19. The molecule has 0 aromatic carbocycles. The lowest BCUT2D eigenvalue weighted by molar-refractivity contribution is -0.144. The van der Waals surface area contributed by atoms with Gasteiger partial charge in [0, 0.05) is 25.7 Å². The van der Waals surface area contributed by atoms with E-state index in [-0.39, 0.29) is 38.8 Å². The molecule has 0 heterocycles. The molecule has 0 fully saturated rings. The van der Waals surface area contributed by atoms with Crippen LogP contribution in [0.4, 0.5) is 0 Å². The second-order valence-electron chi connectivity index (χ2n) is 18.0. The number of carbonyl (C=O) groups is 14. The fourth-order valence-electron chi connectivity index (χ4n) is 7.00. The minimum atomic E-state index is -2.07. The first kappa shape index (κ1) is 70.4. The molecular weight excluding hydrogens is 1040 g/mol. The van der Waals surface area contributed by atoms with Crippen molar-refractivity contribution in [1.82, 2.24) is 47.9 Å². The van der Waals surface area contributed by atoms with Crippen LogP contribution >= 0.6 is 0 Å². The summed E-state index contributed by atoms with van der Waals surface area (Å²) < 4.78 is 0. The molecule has 0 aliphatic heterocycles. The van der Waals surface area contributed by atoms with E-state index in [2.05, 4.69) is 37.2 Å². The van der Waals surface area contributed by atoms with Crippen LogP contribution in [0.25, 0.3) is 0 Å². The van der Waals surface area contributed by atoms with E-state index in [1.165, 1.54) is 6.92 Å². The molecule has 0 aliphatic carbocycles. The second-order valence-corrected chi connectivity index (χ2v) is 18.0. The van der Waals surface area contributed by atoms with Gasteiger partial charge in [0.2, 0.25) is 59.1 Å². The number of primary amides is 1. The number of unbranched alkanes of at least 4 members (excludes halogenated alkanes) is 2. The first-order valence-corrected chi connectivity index (χ1v) is 24.8. The number of aliphatic hydroxyl groups is 2. The van der Waals surface area contributed by atoms with Crippen molar-refractivity contribution in [2.75, 3.05) is 19.6 Å². The van der Waals surface area contributed by atoms with Gasteiger partial charge in [0.05, 0.1) is 18.8 Å². The minimum Gasteiger partial charge on any atom is -0.481 e. The summed E-state index contributed by atoms with van der Waals surface area (Å²) in [4.78, 5) is 179. The van der Waals surface area contributed by atoms with Crippen molar-refractivity contribution in [3.8, 4) is 0 Å². The Hall–Kier alpha value is -7.62. The maximum atomic E-state index is 14.1. The fraction of sp³-hybridized carbons (Fsp3) is 0.689. The number of aliphatic hydroxyl groups excluding tert-OH is 2. The molecule has 78 heavy (non-hydrogen) atoms. The maximum Gasteiger partial charge on any atom is 0.326 e. The van der Waals surface area contributed by atoms with E-state index in [1.54, 1.807) is 0 Å². The van der Waals surface area contributed by atoms with E-state index < -0.39 is 207 Å². The van der Waals surface area contributed by atoms with E-state index in [4.69, 9.17) is 28.0 Å². The monoisotopic (exact) mass is 1120 g/mol. The highest BCUT2D eigenvalue weighted by molar-refractivity contribution is 5.99. The normalized spacial score (nSPS) is 15.2. The van der Waals surface area contributed by atoms with Gasteiger partial charge in [-0.05, 0) is 98.1 Å². The van der Waals surface area contributed by atoms with Crippen LogP contribution in [0.3, 0.4) is 0 Å². The predicted molar refractivity (Wildman–Crippen MR) is 268 cm³/mol. The van der Waals surface area contributed by atoms with Crippen molar-refractivity contribution in [3.63, 3.8) is 0 Å². The van der Waals surface area contributed by atoms with Gasteiger partial charge in [-0.3, -0.25) is 62.3 Å². The summed E-state index contributed by atoms with van der Waals surface area (Å²) in [5.74, 6) is -17.0. The zero-order valence-corrected chi connectivity index (χ0v) is 43.6. The van der Waals surface area contributed by atoms with Crippen LogP contribution in [0.15, 0.2) is 0 Å². The van der Waals surface area contributed by atoms with Crippen LogP contribution in [-0.2, 0) is 67.1 Å². The van der Waals surface area contributed by atoms with Crippen LogP contribution in [0, 0.1) is 0 Å². The van der Waals surface area contributed by atoms with Crippen LogP contribution in [0.2, 0.25) is 0 Å². The highest BCUT2D eigenvalue weighted by atomic mass is 16.4. The lowest BCUT2D eigenvalue weighted by Gasteiger charge is -2.29. The summed E-state index contributed by atoms with van der Waals surface area (Å²) in [6.07, 6.45) is -8.05. The van der Waals surface area contributed by atoms with Gasteiger partial charge in [0.25, 0.3) is 0 Å². The molecule has 11 atom stereocenters. The lowest BCUT2D eigenvalue weighted by atomic mass is 10.0. The number of hydrogen-bond donors (Lipinski definition) is 19. The van der Waals surface area contributed by atoms with Crippen molar-refractivity contribution in [3.05, 3.63) is 0 Å². The highest BCUT2D eigenvalue weighted by Crippen LogP contribution is 2.11. The van der Waals surface area contributed by atoms with Crippen molar-refractivity contribution in [2.45, 2.75) is 177 Å². The molecular formula is C45H77N13O20. The van der Waals surface area contributed by atoms with Gasteiger partial charge >= 0.3 is 23.9 Å². The van der Waals surface area contributed by atoms with Gasteiger partial charge in [0.15, 0.2) is 0 Å². The largest absolute Gasteiger partial charge is 0.481 e. The molecule has 0 saturated heterocycles. The van der Waals surface area contributed by atoms with Crippen molar-refractivity contribution >= 4 is 82.9 Å². The molecule has 33 heteroatoms. The number of nitrogens with two attached hydrogens (primary N) is 4. The average Bonchev–Trinajstić information content (AvgIpc) is 3.35. The van der Waals surface area contributed by atoms with E-state index in [1.807, 2.05) is 10.6 Å². The topological polar surface area (TPSA) is 573 Å². The average molecular weight is 1120 g/mol. The van der Waals surface area contributed by atoms with Gasteiger partial charge < -0.3 is 101 Å². The Kier molecular flexibility index (Phi) is 33.6. The summed E-state index contributed by atoms with van der Waals surface area (Å²) >= 11 is 0. The molecule has 0 unspecified atom stereocenters. The third kappa shape index (κ3) is 28.5. The molecule has 0 aromatic heterocycles. The maximum absolute atomic E-state index is 14.1. The molecule has 0 rings (SSSR count). The standard InChI is InChI=1S/C45H77N13O20/c1-21(50-31(62)20-48)37(69)51-24(8-4-6-18-46)38(70)53-26(10-14-30(49)61)40(72)52-25(9-5-7-19-47)39(71)54-27(11-15-32(63)64)41(73)57-35(22(2)59)43(75)55-28(12-16-33(65)66)42(74)58-36(23(3)60)44(76)56-29(45(77)78)13-17-34(67)68/h21-29,35-36,59-60H,4-20,46-48H2,1-3H3,(H2,49,61)(H,50,62)(H,51,69)(H,52,72)(H,53,70)(H,54,71)(H,55,75)(H,56,76)(H,57,73)(H,58,74)(H,63,64)(H,65,66)(H,67,68)(H,77,78)/t21-,22+,23+,24-,25-,26-,27-,28-,29-,35-,36-/m0/s1. The number of rotatable bonds is 41. The first-order valence-electron chi connectivity index (χ1n) is 24.8. The summed E-state index contributed by atoms with van der Waals surface area (Å²) in [5.41, 5.74) is 21.9. The summed E-state index contributed by atoms with van der Waals surface area (Å²) in [7, 11) is 0. The van der Waals surface area contributed by atoms with Crippen molar-refractivity contribution in [2.24, 2.45) is 22.9 Å². The molecule has 0 aliphatic rings. The van der Waals surface area contributed by atoms with Gasteiger partial charge in [-0.1, -0.05) is 0 Å². The Morgan fingerprint density at radius 2 is 0.667 bits per heavy atom. The number of nitrogens with one attached hydrogen (secondary N) is 9. The van der Waals surface area contributed by atoms with Crippen LogP contribution in [0.1, 0.15) is 111 Å². The van der Waals surface area contributed by atoms with Crippen molar-refractivity contribution in [1.29, 1.82) is 0 Å². The van der Waals surface area contributed by atoms with Crippen LogP contribution in [0.5, 0.6) is 0 Å². The quantitative estimate of drug-likeness (QED) is 0.0253. The second kappa shape index (κ2) is 37.2. The zero-order valence-electron chi connectivity index (χ0n) is 43.6. The predicted octanol–water partition coefficient (Wildman–Crippen LogP) is -7.71. The number of carbonyl (C=O) groups excluding carboxylic acids is 10. The molecule has 0 spiro atoms. The molecule has 10 amide bonds. The number of carboxylic acid groups (broad SMARTS) is 4. The number of carboxylic acids is 4. The number of aliphatic carboxylic acids is 4. The molecule has 442 valence electrons. The molecule has 0 radical (unpaired) electrons. The Balaban J connectivity index is 6.84. The summed E-state index contributed by atoms with van der Waals surface area (Å²) in [5, 5.41) is 78.6. The Labute approximate surface area is 447 Å². The number of amides is 10. The third-order valence-corrected chi connectivity index (χ3v) is 11.4. The van der Waals surface area contributed by atoms with Gasteiger partial charge in [0.1, 0.15) is 54.4 Å². The smallest absolute Gasteiger partial charge is 0.326 e. The Bertz CT molecular complexity index is 2100. The molecule has 0 bridgehead atoms. The Morgan fingerprint density at radius 3 is 0.974 bits per heavy atom.